The Morgan fingerprint density at radius 3 is 2.58 bits per heavy atom. The topological polar surface area (TPSA) is 93.9 Å². The summed E-state index contributed by atoms with van der Waals surface area (Å²) in [5.74, 6) is 0.487. The lowest BCUT2D eigenvalue weighted by atomic mass is 10.0. The van der Waals surface area contributed by atoms with Crippen LogP contribution in [0.2, 0.25) is 0 Å². The zero-order valence-electron chi connectivity index (χ0n) is 15.6. The maximum absolute atomic E-state index is 12.4. The molecule has 142 valence electrons. The Balaban J connectivity index is 2.11. The number of allylic oxidation sites excluding steroid dienone is 3. The lowest BCUT2D eigenvalue weighted by Gasteiger charge is -2.32. The Kier molecular flexibility index (Phi) is 6.26. The van der Waals surface area contributed by atoms with E-state index in [1.54, 1.807) is 23.1 Å². The second kappa shape index (κ2) is 8.23. The zero-order chi connectivity index (χ0) is 19.3. The first-order valence-electron chi connectivity index (χ1n) is 8.66. The van der Waals surface area contributed by atoms with Crippen molar-refractivity contribution in [1.82, 2.24) is 10.2 Å². The van der Waals surface area contributed by atoms with E-state index in [9.17, 15) is 9.59 Å². The van der Waals surface area contributed by atoms with Crippen molar-refractivity contribution in [3.05, 3.63) is 47.6 Å². The summed E-state index contributed by atoms with van der Waals surface area (Å²) in [5.41, 5.74) is 6.55. The van der Waals surface area contributed by atoms with Crippen molar-refractivity contribution in [3.63, 3.8) is 0 Å². The molecule has 0 bridgehead atoms. The predicted molar refractivity (Wildman–Crippen MR) is 98.7 cm³/mol. The standard InChI is InChI=1S/C19H27N3O4/c1-5-6-7-15-14(12-20)21-17(23)16(25-15)13-8-10-22(11-9-13)18(24)26-19(2,3)4/h5-7H,1,8-12,20H2,2-4H3,(H,21,23)/b7-6-. The maximum atomic E-state index is 12.4. The molecule has 1 saturated heterocycles. The molecule has 26 heavy (non-hydrogen) atoms. The van der Waals surface area contributed by atoms with Gasteiger partial charge in [-0.2, -0.15) is 0 Å². The molecule has 2 amide bonds. The number of hydrogen-bond donors (Lipinski definition) is 2. The van der Waals surface area contributed by atoms with Crippen LogP contribution < -0.4 is 11.1 Å². The molecule has 0 aliphatic carbocycles. The molecule has 1 fully saturated rings. The molecule has 0 spiro atoms. The number of piperidine rings is 1. The molecular weight excluding hydrogens is 334 g/mol. The Morgan fingerprint density at radius 1 is 1.38 bits per heavy atom. The fourth-order valence-corrected chi connectivity index (χ4v) is 2.66. The normalized spacial score (nSPS) is 18.8. The Hall–Kier alpha value is -2.54. The molecule has 0 aromatic heterocycles. The van der Waals surface area contributed by atoms with Gasteiger partial charge in [-0.3, -0.25) is 4.79 Å². The van der Waals surface area contributed by atoms with Crippen molar-refractivity contribution >= 4 is 12.0 Å². The molecule has 2 aliphatic rings. The van der Waals surface area contributed by atoms with Gasteiger partial charge in [0.1, 0.15) is 11.4 Å². The van der Waals surface area contributed by atoms with Crippen LogP contribution >= 0.6 is 0 Å². The molecule has 0 radical (unpaired) electrons. The summed E-state index contributed by atoms with van der Waals surface area (Å²) < 4.78 is 11.2. The molecule has 2 heterocycles. The van der Waals surface area contributed by atoms with Gasteiger partial charge in [-0.1, -0.05) is 18.7 Å². The van der Waals surface area contributed by atoms with E-state index in [2.05, 4.69) is 11.9 Å². The highest BCUT2D eigenvalue weighted by molar-refractivity contribution is 5.94. The molecule has 7 nitrogen and oxygen atoms in total. The minimum absolute atomic E-state index is 0.164. The second-order valence-corrected chi connectivity index (χ2v) is 7.10. The second-order valence-electron chi connectivity index (χ2n) is 7.10. The van der Waals surface area contributed by atoms with Gasteiger partial charge in [0.05, 0.1) is 5.70 Å². The summed E-state index contributed by atoms with van der Waals surface area (Å²) in [6.45, 7) is 10.3. The summed E-state index contributed by atoms with van der Waals surface area (Å²) in [5, 5.41) is 2.78. The number of carbonyl (C=O) groups is 2. The number of nitrogens with one attached hydrogen (secondary N) is 1. The number of amides is 2. The Labute approximate surface area is 154 Å². The minimum Gasteiger partial charge on any atom is -0.450 e. The van der Waals surface area contributed by atoms with Crippen LogP contribution in [0.25, 0.3) is 0 Å². The smallest absolute Gasteiger partial charge is 0.410 e. The molecule has 0 aromatic carbocycles. The van der Waals surface area contributed by atoms with Gasteiger partial charge in [0, 0.05) is 19.6 Å². The SMILES string of the molecule is C=C/C=C\C1=C(CN)NC(=O)C(=C2CCN(C(=O)OC(C)(C)C)CC2)O1. The third-order valence-electron chi connectivity index (χ3n) is 3.91. The van der Waals surface area contributed by atoms with E-state index >= 15 is 0 Å². The largest absolute Gasteiger partial charge is 0.450 e. The average molecular weight is 361 g/mol. The highest BCUT2D eigenvalue weighted by Crippen LogP contribution is 2.27. The number of likely N-dealkylation sites (tertiary alicyclic amines) is 1. The molecule has 0 saturated carbocycles. The monoisotopic (exact) mass is 361 g/mol. The van der Waals surface area contributed by atoms with Crippen LogP contribution in [0.15, 0.2) is 47.6 Å². The summed E-state index contributed by atoms with van der Waals surface area (Å²) in [7, 11) is 0. The van der Waals surface area contributed by atoms with Gasteiger partial charge < -0.3 is 25.4 Å². The average Bonchev–Trinajstić information content (AvgIpc) is 2.59. The van der Waals surface area contributed by atoms with E-state index in [1.807, 2.05) is 20.8 Å². The molecule has 0 aromatic rings. The van der Waals surface area contributed by atoms with E-state index in [0.29, 0.717) is 37.4 Å². The zero-order valence-corrected chi connectivity index (χ0v) is 15.6. The first-order valence-corrected chi connectivity index (χ1v) is 8.66. The summed E-state index contributed by atoms with van der Waals surface area (Å²) in [6.07, 6.45) is 5.82. The first kappa shape index (κ1) is 19.8. The predicted octanol–water partition coefficient (Wildman–Crippen LogP) is 2.33. The number of rotatable bonds is 3. The Morgan fingerprint density at radius 2 is 2.04 bits per heavy atom. The number of ether oxygens (including phenoxy) is 2. The summed E-state index contributed by atoms with van der Waals surface area (Å²) >= 11 is 0. The molecule has 2 aliphatic heterocycles. The van der Waals surface area contributed by atoms with Gasteiger partial charge in [0.15, 0.2) is 5.76 Å². The lowest BCUT2D eigenvalue weighted by Crippen LogP contribution is -2.41. The third kappa shape index (κ3) is 4.98. The van der Waals surface area contributed by atoms with Crippen LogP contribution in [-0.4, -0.2) is 42.1 Å². The van der Waals surface area contributed by atoms with Crippen LogP contribution in [-0.2, 0) is 14.3 Å². The van der Waals surface area contributed by atoms with Crippen molar-refractivity contribution in [2.75, 3.05) is 19.6 Å². The fourth-order valence-electron chi connectivity index (χ4n) is 2.66. The van der Waals surface area contributed by atoms with Crippen molar-refractivity contribution in [2.24, 2.45) is 5.73 Å². The number of nitrogens with zero attached hydrogens (tertiary/aromatic N) is 1. The first-order chi connectivity index (χ1) is 12.2. The summed E-state index contributed by atoms with van der Waals surface area (Å²) in [4.78, 5) is 26.2. The van der Waals surface area contributed by atoms with E-state index in [1.165, 1.54) is 0 Å². The quantitative estimate of drug-likeness (QED) is 0.594. The third-order valence-corrected chi connectivity index (χ3v) is 3.91. The van der Waals surface area contributed by atoms with Crippen molar-refractivity contribution < 1.29 is 19.1 Å². The number of hydrogen-bond acceptors (Lipinski definition) is 5. The van der Waals surface area contributed by atoms with E-state index in [4.69, 9.17) is 15.2 Å². The number of carbonyl (C=O) groups excluding carboxylic acids is 2. The van der Waals surface area contributed by atoms with Crippen LogP contribution in [0.3, 0.4) is 0 Å². The van der Waals surface area contributed by atoms with Gasteiger partial charge in [-0.25, -0.2) is 4.79 Å². The number of nitrogens with two attached hydrogens (primary N) is 1. The van der Waals surface area contributed by atoms with Gasteiger partial charge in [-0.15, -0.1) is 0 Å². The highest BCUT2D eigenvalue weighted by atomic mass is 16.6. The highest BCUT2D eigenvalue weighted by Gasteiger charge is 2.30. The molecule has 2 rings (SSSR count). The Bertz CT molecular complexity index is 673. The van der Waals surface area contributed by atoms with Crippen LogP contribution in [0.1, 0.15) is 33.6 Å². The molecule has 7 heteroatoms. The van der Waals surface area contributed by atoms with Crippen LogP contribution in [0, 0.1) is 0 Å². The van der Waals surface area contributed by atoms with Crippen LogP contribution in [0.4, 0.5) is 4.79 Å². The van der Waals surface area contributed by atoms with Gasteiger partial charge >= 0.3 is 6.09 Å². The molecule has 0 atom stereocenters. The van der Waals surface area contributed by atoms with Crippen molar-refractivity contribution in [3.8, 4) is 0 Å². The summed E-state index contributed by atoms with van der Waals surface area (Å²) in [6, 6.07) is 0. The molecule has 3 N–H and O–H groups in total. The van der Waals surface area contributed by atoms with Crippen LogP contribution in [0.5, 0.6) is 0 Å². The van der Waals surface area contributed by atoms with E-state index in [0.717, 1.165) is 5.57 Å². The van der Waals surface area contributed by atoms with Gasteiger partial charge in [0.25, 0.3) is 5.91 Å². The fraction of sp³-hybridized carbons (Fsp3) is 0.474. The van der Waals surface area contributed by atoms with Gasteiger partial charge in [0.2, 0.25) is 0 Å². The molecule has 0 unspecified atom stereocenters. The van der Waals surface area contributed by atoms with E-state index < -0.39 is 5.60 Å². The maximum Gasteiger partial charge on any atom is 0.410 e. The van der Waals surface area contributed by atoms with Crippen molar-refractivity contribution in [1.29, 1.82) is 0 Å². The lowest BCUT2D eigenvalue weighted by molar-refractivity contribution is -0.120. The van der Waals surface area contributed by atoms with Gasteiger partial charge in [-0.05, 0) is 45.3 Å². The molecular formula is C19H27N3O4. The van der Waals surface area contributed by atoms with E-state index in [-0.39, 0.29) is 24.3 Å². The van der Waals surface area contributed by atoms with Crippen molar-refractivity contribution in [2.45, 2.75) is 39.2 Å². The minimum atomic E-state index is -0.530.